The number of hydrogen-bond acceptors (Lipinski definition) is 4. The molecule has 35 heavy (non-hydrogen) atoms. The number of nitrogens with zero attached hydrogens (tertiary/aromatic N) is 2. The van der Waals surface area contributed by atoms with Crippen molar-refractivity contribution in [3.63, 3.8) is 0 Å². The van der Waals surface area contributed by atoms with Crippen molar-refractivity contribution in [3.8, 4) is 11.5 Å². The minimum atomic E-state index is -0.260. The van der Waals surface area contributed by atoms with E-state index in [2.05, 4.69) is 16.5 Å². The highest BCUT2D eigenvalue weighted by Crippen LogP contribution is 2.38. The number of rotatable bonds is 7. The predicted octanol–water partition coefficient (Wildman–Crippen LogP) is 5.29. The van der Waals surface area contributed by atoms with E-state index < -0.39 is 0 Å². The first-order valence-electron chi connectivity index (χ1n) is 12.5. The molecule has 1 aromatic heterocycles. The molecule has 184 valence electrons. The summed E-state index contributed by atoms with van der Waals surface area (Å²) in [6.45, 7) is 2.59. The highest BCUT2D eigenvalue weighted by molar-refractivity contribution is 5.76. The summed E-state index contributed by atoms with van der Waals surface area (Å²) in [6, 6.07) is 14.9. The lowest BCUT2D eigenvalue weighted by atomic mass is 9.92. The SMILES string of the molecule is Cc1ccnn1CCC(=O)N[C@H]1CC[C@H](Oc2ccc3c(c2)CCC(c2ccccc2F)O3)CC1. The number of aromatic nitrogens is 2. The molecule has 1 amide bonds. The molecule has 0 saturated heterocycles. The van der Waals surface area contributed by atoms with E-state index in [1.807, 2.05) is 35.9 Å². The van der Waals surface area contributed by atoms with Crippen LogP contribution in [0.2, 0.25) is 0 Å². The Bertz CT molecular complexity index is 1170. The normalized spacial score (nSPS) is 21.6. The molecule has 2 aromatic carbocycles. The summed E-state index contributed by atoms with van der Waals surface area (Å²) in [6.07, 6.45) is 7.28. The molecule has 1 N–H and O–H groups in total. The molecular weight excluding hydrogens is 445 g/mol. The summed E-state index contributed by atoms with van der Waals surface area (Å²) < 4.78 is 28.4. The van der Waals surface area contributed by atoms with Crippen molar-refractivity contribution in [2.75, 3.05) is 0 Å². The minimum absolute atomic E-state index is 0.0765. The summed E-state index contributed by atoms with van der Waals surface area (Å²) in [5, 5.41) is 7.40. The van der Waals surface area contributed by atoms with Gasteiger partial charge in [-0.2, -0.15) is 5.10 Å². The molecule has 5 rings (SSSR count). The smallest absolute Gasteiger partial charge is 0.222 e. The Kier molecular flexibility index (Phi) is 7.02. The van der Waals surface area contributed by atoms with E-state index in [9.17, 15) is 9.18 Å². The molecule has 2 aliphatic rings. The standard InChI is InChI=1S/C28H32FN3O3/c1-19-14-16-30-32(19)17-15-28(33)31-21-7-9-22(10-8-21)34-23-11-13-26-20(18-23)6-12-27(35-26)24-4-2-3-5-25(24)29/h2-5,11,13-14,16,18,21-22,27H,6-10,12,15,17H2,1H3,(H,31,33)/t21-,22-,27?. The number of carbonyl (C=O) groups is 1. The molecule has 1 unspecified atom stereocenters. The molecule has 1 atom stereocenters. The molecule has 1 aliphatic heterocycles. The zero-order valence-electron chi connectivity index (χ0n) is 20.1. The minimum Gasteiger partial charge on any atom is -0.490 e. The van der Waals surface area contributed by atoms with Gasteiger partial charge in [-0.1, -0.05) is 18.2 Å². The number of hydrogen-bond donors (Lipinski definition) is 1. The van der Waals surface area contributed by atoms with Gasteiger partial charge in [0.05, 0.1) is 6.10 Å². The second kappa shape index (κ2) is 10.5. The zero-order chi connectivity index (χ0) is 24.2. The van der Waals surface area contributed by atoms with Crippen molar-refractivity contribution in [2.24, 2.45) is 0 Å². The molecular formula is C28H32FN3O3. The first-order chi connectivity index (χ1) is 17.0. The second-order valence-electron chi connectivity index (χ2n) is 9.54. The molecule has 1 saturated carbocycles. The maximum Gasteiger partial charge on any atom is 0.222 e. The number of aryl methyl sites for hydroxylation is 3. The monoisotopic (exact) mass is 477 g/mol. The molecule has 1 fully saturated rings. The summed E-state index contributed by atoms with van der Waals surface area (Å²) >= 11 is 0. The van der Waals surface area contributed by atoms with Crippen LogP contribution < -0.4 is 14.8 Å². The average Bonchev–Trinajstić information content (AvgIpc) is 3.28. The molecule has 1 aliphatic carbocycles. The third kappa shape index (κ3) is 5.66. The van der Waals surface area contributed by atoms with E-state index >= 15 is 0 Å². The van der Waals surface area contributed by atoms with E-state index in [0.717, 1.165) is 61.3 Å². The number of carbonyl (C=O) groups excluding carboxylic acids is 1. The van der Waals surface area contributed by atoms with Crippen LogP contribution >= 0.6 is 0 Å². The Balaban J connectivity index is 1.08. The number of nitrogens with one attached hydrogen (secondary N) is 1. The lowest BCUT2D eigenvalue weighted by Gasteiger charge is -2.30. The lowest BCUT2D eigenvalue weighted by molar-refractivity contribution is -0.122. The fourth-order valence-corrected chi connectivity index (χ4v) is 5.05. The van der Waals surface area contributed by atoms with Gasteiger partial charge in [-0.3, -0.25) is 9.48 Å². The highest BCUT2D eigenvalue weighted by atomic mass is 19.1. The maximum absolute atomic E-state index is 14.2. The fourth-order valence-electron chi connectivity index (χ4n) is 5.05. The van der Waals surface area contributed by atoms with Gasteiger partial charge in [-0.25, -0.2) is 4.39 Å². The fraction of sp³-hybridized carbons (Fsp3) is 0.429. The molecule has 6 nitrogen and oxygen atoms in total. The van der Waals surface area contributed by atoms with Crippen LogP contribution in [0.25, 0.3) is 0 Å². The quantitative estimate of drug-likeness (QED) is 0.502. The second-order valence-corrected chi connectivity index (χ2v) is 9.54. The Hall–Kier alpha value is -3.35. The largest absolute Gasteiger partial charge is 0.490 e. The average molecular weight is 478 g/mol. The van der Waals surface area contributed by atoms with Crippen LogP contribution in [0.5, 0.6) is 11.5 Å². The molecule has 7 heteroatoms. The molecule has 3 aromatic rings. The highest BCUT2D eigenvalue weighted by Gasteiger charge is 2.26. The van der Waals surface area contributed by atoms with Crippen molar-refractivity contribution < 1.29 is 18.7 Å². The number of halogens is 1. The van der Waals surface area contributed by atoms with E-state index in [1.165, 1.54) is 6.07 Å². The Morgan fingerprint density at radius 3 is 2.74 bits per heavy atom. The number of amides is 1. The van der Waals surface area contributed by atoms with Crippen molar-refractivity contribution in [1.82, 2.24) is 15.1 Å². The summed E-state index contributed by atoms with van der Waals surface area (Å²) in [4.78, 5) is 12.3. The molecule has 2 heterocycles. The first kappa shape index (κ1) is 23.4. The molecule has 0 radical (unpaired) electrons. The topological polar surface area (TPSA) is 65.4 Å². The third-order valence-corrected chi connectivity index (χ3v) is 7.05. The van der Waals surface area contributed by atoms with Crippen LogP contribution in [0.15, 0.2) is 54.7 Å². The van der Waals surface area contributed by atoms with Crippen LogP contribution in [0.1, 0.15) is 61.4 Å². The van der Waals surface area contributed by atoms with Gasteiger partial charge >= 0.3 is 0 Å². The summed E-state index contributed by atoms with van der Waals surface area (Å²) in [5.41, 5.74) is 2.77. The van der Waals surface area contributed by atoms with Gasteiger partial charge in [0.2, 0.25) is 5.91 Å². The number of ether oxygens (including phenoxy) is 2. The van der Waals surface area contributed by atoms with Gasteiger partial charge < -0.3 is 14.8 Å². The van der Waals surface area contributed by atoms with E-state index in [4.69, 9.17) is 9.47 Å². The summed E-state index contributed by atoms with van der Waals surface area (Å²) in [7, 11) is 0. The third-order valence-electron chi connectivity index (χ3n) is 7.05. The van der Waals surface area contributed by atoms with Crippen molar-refractivity contribution >= 4 is 5.91 Å². The Labute approximate surface area is 205 Å². The zero-order valence-corrected chi connectivity index (χ0v) is 20.1. The van der Waals surface area contributed by atoms with Crippen molar-refractivity contribution in [2.45, 2.75) is 76.7 Å². The maximum atomic E-state index is 14.2. The van der Waals surface area contributed by atoms with Crippen molar-refractivity contribution in [3.05, 3.63) is 77.4 Å². The Morgan fingerprint density at radius 1 is 1.14 bits per heavy atom. The Morgan fingerprint density at radius 2 is 1.97 bits per heavy atom. The van der Waals surface area contributed by atoms with E-state index in [1.54, 1.807) is 18.3 Å². The van der Waals surface area contributed by atoms with Crippen LogP contribution in [0, 0.1) is 12.7 Å². The van der Waals surface area contributed by atoms with E-state index in [-0.39, 0.29) is 30.0 Å². The van der Waals surface area contributed by atoms with Gasteiger partial charge in [0.1, 0.15) is 23.4 Å². The summed E-state index contributed by atoms with van der Waals surface area (Å²) in [5.74, 6) is 1.50. The first-order valence-corrected chi connectivity index (χ1v) is 12.5. The van der Waals surface area contributed by atoms with Gasteiger partial charge in [-0.05, 0) is 81.3 Å². The van der Waals surface area contributed by atoms with Gasteiger partial charge in [0, 0.05) is 36.5 Å². The molecule has 0 bridgehead atoms. The van der Waals surface area contributed by atoms with Gasteiger partial charge in [0.25, 0.3) is 0 Å². The van der Waals surface area contributed by atoms with Crippen LogP contribution in [0.4, 0.5) is 4.39 Å². The number of fused-ring (bicyclic) bond motifs is 1. The van der Waals surface area contributed by atoms with Crippen LogP contribution in [0.3, 0.4) is 0 Å². The predicted molar refractivity (Wildman–Crippen MR) is 131 cm³/mol. The lowest BCUT2D eigenvalue weighted by Crippen LogP contribution is -2.40. The van der Waals surface area contributed by atoms with Crippen LogP contribution in [-0.2, 0) is 17.8 Å². The van der Waals surface area contributed by atoms with Crippen molar-refractivity contribution in [1.29, 1.82) is 0 Å². The van der Waals surface area contributed by atoms with Gasteiger partial charge in [-0.15, -0.1) is 0 Å². The van der Waals surface area contributed by atoms with E-state index in [0.29, 0.717) is 18.5 Å². The van der Waals surface area contributed by atoms with Gasteiger partial charge in [0.15, 0.2) is 0 Å². The molecule has 0 spiro atoms. The number of benzene rings is 2. The van der Waals surface area contributed by atoms with Crippen LogP contribution in [-0.4, -0.2) is 27.8 Å².